The van der Waals surface area contributed by atoms with Crippen molar-refractivity contribution in [2.45, 2.75) is 0 Å². The van der Waals surface area contributed by atoms with Gasteiger partial charge in [0.15, 0.2) is 6.29 Å². The lowest BCUT2D eigenvalue weighted by Gasteiger charge is -2.08. The van der Waals surface area contributed by atoms with Crippen LogP contribution in [0.2, 0.25) is 0 Å². The van der Waals surface area contributed by atoms with Crippen molar-refractivity contribution in [3.8, 4) is 11.5 Å². The van der Waals surface area contributed by atoms with Gasteiger partial charge in [-0.05, 0) is 37.9 Å². The molecule has 0 saturated carbocycles. The molecular formula is C8H6Br2O3. The summed E-state index contributed by atoms with van der Waals surface area (Å²) < 4.78 is 6.00. The molecule has 0 aliphatic heterocycles. The molecule has 0 spiro atoms. The first kappa shape index (κ1) is 10.5. The van der Waals surface area contributed by atoms with Gasteiger partial charge in [-0.25, -0.2) is 0 Å². The van der Waals surface area contributed by atoms with E-state index < -0.39 is 0 Å². The summed E-state index contributed by atoms with van der Waals surface area (Å²) in [6.45, 7) is 0. The van der Waals surface area contributed by atoms with Crippen molar-refractivity contribution in [1.82, 2.24) is 0 Å². The molecule has 5 heteroatoms. The molecule has 1 N–H and O–H groups in total. The Kier molecular flexibility index (Phi) is 3.33. The normalized spacial score (nSPS) is 9.77. The van der Waals surface area contributed by atoms with Gasteiger partial charge in [0.1, 0.15) is 17.1 Å². The van der Waals surface area contributed by atoms with E-state index in [1.54, 1.807) is 6.07 Å². The number of ether oxygens (including phenoxy) is 1. The molecule has 1 rings (SSSR count). The minimum absolute atomic E-state index is 0.116. The molecule has 0 radical (unpaired) electrons. The van der Waals surface area contributed by atoms with Crippen molar-refractivity contribution >= 4 is 38.1 Å². The van der Waals surface area contributed by atoms with Gasteiger partial charge in [-0.3, -0.25) is 4.79 Å². The number of rotatable bonds is 2. The molecule has 1 aromatic carbocycles. The maximum absolute atomic E-state index is 10.6. The van der Waals surface area contributed by atoms with E-state index >= 15 is 0 Å². The Labute approximate surface area is 92.0 Å². The number of aromatic hydroxyl groups is 1. The van der Waals surface area contributed by atoms with Crippen LogP contribution >= 0.6 is 31.9 Å². The fourth-order valence-corrected chi connectivity index (χ4v) is 2.28. The van der Waals surface area contributed by atoms with E-state index in [2.05, 4.69) is 31.9 Å². The van der Waals surface area contributed by atoms with Gasteiger partial charge in [0.05, 0.1) is 16.1 Å². The summed E-state index contributed by atoms with van der Waals surface area (Å²) in [6, 6.07) is 1.61. The number of methoxy groups -OCH3 is 1. The molecule has 0 fully saturated rings. The van der Waals surface area contributed by atoms with Crippen LogP contribution in [-0.2, 0) is 0 Å². The average Bonchev–Trinajstić information content (AvgIpc) is 2.10. The van der Waals surface area contributed by atoms with Crippen molar-refractivity contribution in [3.05, 3.63) is 20.6 Å². The fraction of sp³-hybridized carbons (Fsp3) is 0.125. The SMILES string of the molecule is COc1c(Br)cc(Br)c(O)c1C=O. The zero-order valence-electron chi connectivity index (χ0n) is 6.67. The lowest BCUT2D eigenvalue weighted by Crippen LogP contribution is -1.93. The highest BCUT2D eigenvalue weighted by Crippen LogP contribution is 2.39. The number of benzene rings is 1. The van der Waals surface area contributed by atoms with Gasteiger partial charge in [0, 0.05) is 0 Å². The molecule has 0 saturated heterocycles. The van der Waals surface area contributed by atoms with Gasteiger partial charge in [0.2, 0.25) is 0 Å². The number of hydrogen-bond donors (Lipinski definition) is 1. The molecule has 3 nitrogen and oxygen atoms in total. The third-order valence-corrected chi connectivity index (χ3v) is 2.71. The van der Waals surface area contributed by atoms with Gasteiger partial charge in [-0.15, -0.1) is 0 Å². The van der Waals surface area contributed by atoms with Gasteiger partial charge < -0.3 is 9.84 Å². The van der Waals surface area contributed by atoms with E-state index in [-0.39, 0.29) is 11.3 Å². The summed E-state index contributed by atoms with van der Waals surface area (Å²) in [7, 11) is 1.43. The Morgan fingerprint density at radius 1 is 1.46 bits per heavy atom. The van der Waals surface area contributed by atoms with Crippen LogP contribution in [0.3, 0.4) is 0 Å². The highest BCUT2D eigenvalue weighted by atomic mass is 79.9. The van der Waals surface area contributed by atoms with Gasteiger partial charge in [-0.1, -0.05) is 0 Å². The molecule has 0 aromatic heterocycles. The van der Waals surface area contributed by atoms with Crippen LogP contribution in [-0.4, -0.2) is 18.5 Å². The summed E-state index contributed by atoms with van der Waals surface area (Å²) in [5.74, 6) is 0.214. The fourth-order valence-electron chi connectivity index (χ4n) is 0.927. The molecule has 13 heavy (non-hydrogen) atoms. The lowest BCUT2D eigenvalue weighted by molar-refractivity contribution is 0.111. The Morgan fingerprint density at radius 3 is 2.54 bits per heavy atom. The van der Waals surface area contributed by atoms with E-state index in [1.807, 2.05) is 0 Å². The Hall–Kier alpha value is -0.550. The minimum atomic E-state index is -0.116. The largest absolute Gasteiger partial charge is 0.506 e. The molecule has 70 valence electrons. The minimum Gasteiger partial charge on any atom is -0.506 e. The summed E-state index contributed by atoms with van der Waals surface area (Å²) >= 11 is 6.31. The number of hydrogen-bond acceptors (Lipinski definition) is 3. The van der Waals surface area contributed by atoms with Crippen LogP contribution in [0.5, 0.6) is 11.5 Å². The molecular weight excluding hydrogens is 304 g/mol. The van der Waals surface area contributed by atoms with Gasteiger partial charge in [0.25, 0.3) is 0 Å². The number of phenols is 1. The van der Waals surface area contributed by atoms with Gasteiger partial charge in [-0.2, -0.15) is 0 Å². The first-order valence-corrected chi connectivity index (χ1v) is 4.90. The molecule has 0 aliphatic carbocycles. The average molecular weight is 310 g/mol. The summed E-state index contributed by atoms with van der Waals surface area (Å²) in [4.78, 5) is 10.6. The number of carbonyl (C=O) groups excluding carboxylic acids is 1. The number of phenolic OH excluding ortho intramolecular Hbond substituents is 1. The van der Waals surface area contributed by atoms with E-state index in [0.717, 1.165) is 0 Å². The summed E-state index contributed by atoms with van der Waals surface area (Å²) in [5, 5.41) is 9.45. The molecule has 0 aliphatic rings. The van der Waals surface area contributed by atoms with Crippen molar-refractivity contribution in [2.24, 2.45) is 0 Å². The van der Waals surface area contributed by atoms with Crippen molar-refractivity contribution in [1.29, 1.82) is 0 Å². The Balaban J connectivity index is 3.50. The maximum atomic E-state index is 10.6. The molecule has 1 aromatic rings. The van der Waals surface area contributed by atoms with E-state index in [1.165, 1.54) is 7.11 Å². The van der Waals surface area contributed by atoms with Crippen LogP contribution in [0.4, 0.5) is 0 Å². The Morgan fingerprint density at radius 2 is 2.08 bits per heavy atom. The second-order valence-electron chi connectivity index (χ2n) is 2.25. The molecule has 0 unspecified atom stereocenters. The summed E-state index contributed by atoms with van der Waals surface area (Å²) in [6.07, 6.45) is 0.545. The van der Waals surface area contributed by atoms with Crippen molar-refractivity contribution in [2.75, 3.05) is 7.11 Å². The number of aldehydes is 1. The van der Waals surface area contributed by atoms with Crippen LogP contribution in [0.1, 0.15) is 10.4 Å². The first-order chi connectivity index (χ1) is 6.11. The van der Waals surface area contributed by atoms with Crippen LogP contribution < -0.4 is 4.74 Å². The predicted octanol–water partition coefficient (Wildman–Crippen LogP) is 2.74. The molecule has 0 atom stereocenters. The van der Waals surface area contributed by atoms with Gasteiger partial charge >= 0.3 is 0 Å². The highest BCUT2D eigenvalue weighted by Gasteiger charge is 2.15. The maximum Gasteiger partial charge on any atom is 0.157 e. The van der Waals surface area contributed by atoms with E-state index in [4.69, 9.17) is 4.74 Å². The Bertz CT molecular complexity index is 350. The first-order valence-electron chi connectivity index (χ1n) is 3.32. The topological polar surface area (TPSA) is 46.5 Å². The second kappa shape index (κ2) is 4.11. The predicted molar refractivity (Wildman–Crippen MR) is 55.4 cm³/mol. The van der Waals surface area contributed by atoms with Crippen molar-refractivity contribution < 1.29 is 14.6 Å². The number of carbonyl (C=O) groups is 1. The molecule has 0 bridgehead atoms. The molecule has 0 amide bonds. The summed E-state index contributed by atoms with van der Waals surface area (Å²) in [5.41, 5.74) is 0.128. The van der Waals surface area contributed by atoms with Crippen LogP contribution in [0.15, 0.2) is 15.0 Å². The standard InChI is InChI=1S/C8H6Br2O3/c1-13-8-4(3-11)7(12)5(9)2-6(8)10/h2-3,12H,1H3. The third kappa shape index (κ3) is 1.86. The van der Waals surface area contributed by atoms with Crippen LogP contribution in [0, 0.1) is 0 Å². The highest BCUT2D eigenvalue weighted by molar-refractivity contribution is 9.11. The van der Waals surface area contributed by atoms with Crippen LogP contribution in [0.25, 0.3) is 0 Å². The lowest BCUT2D eigenvalue weighted by atomic mass is 10.2. The van der Waals surface area contributed by atoms with Crippen molar-refractivity contribution in [3.63, 3.8) is 0 Å². The third-order valence-electron chi connectivity index (χ3n) is 1.52. The monoisotopic (exact) mass is 308 g/mol. The number of halogens is 2. The quantitative estimate of drug-likeness (QED) is 0.855. The van der Waals surface area contributed by atoms with E-state index in [9.17, 15) is 9.90 Å². The smallest absolute Gasteiger partial charge is 0.157 e. The van der Waals surface area contributed by atoms with E-state index in [0.29, 0.717) is 21.0 Å². The molecule has 0 heterocycles. The zero-order chi connectivity index (χ0) is 10.0. The zero-order valence-corrected chi connectivity index (χ0v) is 9.85. The second-order valence-corrected chi connectivity index (χ2v) is 3.96.